The topological polar surface area (TPSA) is 52.0 Å². The van der Waals surface area contributed by atoms with Gasteiger partial charge in [-0.15, -0.1) is 5.10 Å². The minimum absolute atomic E-state index is 0.470. The monoisotopic (exact) mass is 288 g/mol. The van der Waals surface area contributed by atoms with Gasteiger partial charge < -0.3 is 10.1 Å². The predicted molar refractivity (Wildman–Crippen MR) is 83.4 cm³/mol. The molecule has 1 aromatic carbocycles. The van der Waals surface area contributed by atoms with Gasteiger partial charge in [0, 0.05) is 13.2 Å². The summed E-state index contributed by atoms with van der Waals surface area (Å²) in [6, 6.07) is 8.21. The van der Waals surface area contributed by atoms with E-state index in [1.807, 2.05) is 25.4 Å². The SMILES string of the molecule is CCNCC(Cc1cn(C)nn1)Cc1ccccc1OC. The Morgan fingerprint density at radius 1 is 1.29 bits per heavy atom. The van der Waals surface area contributed by atoms with Crippen LogP contribution in [0, 0.1) is 5.92 Å². The third-order valence-electron chi connectivity index (χ3n) is 3.53. The summed E-state index contributed by atoms with van der Waals surface area (Å²) in [7, 11) is 3.62. The van der Waals surface area contributed by atoms with E-state index < -0.39 is 0 Å². The van der Waals surface area contributed by atoms with E-state index in [4.69, 9.17) is 4.74 Å². The zero-order valence-electron chi connectivity index (χ0n) is 13.0. The number of aromatic nitrogens is 3. The van der Waals surface area contributed by atoms with Crippen LogP contribution in [-0.2, 0) is 19.9 Å². The Kier molecular flexibility index (Phi) is 5.75. The highest BCUT2D eigenvalue weighted by Crippen LogP contribution is 2.22. The Labute approximate surface area is 126 Å². The van der Waals surface area contributed by atoms with Crippen LogP contribution < -0.4 is 10.1 Å². The second-order valence-corrected chi connectivity index (χ2v) is 5.28. The van der Waals surface area contributed by atoms with Crippen LogP contribution in [0.25, 0.3) is 0 Å². The van der Waals surface area contributed by atoms with Crippen molar-refractivity contribution in [3.63, 3.8) is 0 Å². The number of rotatable bonds is 8. The lowest BCUT2D eigenvalue weighted by Gasteiger charge is -2.17. The van der Waals surface area contributed by atoms with E-state index in [0.29, 0.717) is 5.92 Å². The third-order valence-corrected chi connectivity index (χ3v) is 3.53. The number of hydrogen-bond donors (Lipinski definition) is 1. The van der Waals surface area contributed by atoms with Crippen LogP contribution in [0.15, 0.2) is 30.5 Å². The summed E-state index contributed by atoms with van der Waals surface area (Å²) in [4.78, 5) is 0. The van der Waals surface area contributed by atoms with Crippen molar-refractivity contribution in [2.45, 2.75) is 19.8 Å². The number of nitrogens with zero attached hydrogens (tertiary/aromatic N) is 3. The van der Waals surface area contributed by atoms with Crippen LogP contribution in [0.5, 0.6) is 5.75 Å². The molecular formula is C16H24N4O. The van der Waals surface area contributed by atoms with Gasteiger partial charge in [0.05, 0.1) is 12.8 Å². The van der Waals surface area contributed by atoms with Gasteiger partial charge >= 0.3 is 0 Å². The zero-order chi connectivity index (χ0) is 15.1. The second-order valence-electron chi connectivity index (χ2n) is 5.28. The molecule has 0 aliphatic rings. The molecule has 0 amide bonds. The van der Waals surface area contributed by atoms with E-state index in [1.54, 1.807) is 11.8 Å². The van der Waals surface area contributed by atoms with Crippen molar-refractivity contribution in [3.8, 4) is 5.75 Å². The normalized spacial score (nSPS) is 12.3. The molecule has 21 heavy (non-hydrogen) atoms. The standard InChI is InChI=1S/C16H24N4O/c1-4-17-11-13(10-15-12-20(2)19-18-15)9-14-7-5-6-8-16(14)21-3/h5-8,12-13,17H,4,9-11H2,1-3H3. The summed E-state index contributed by atoms with van der Waals surface area (Å²) in [5, 5.41) is 11.7. The summed E-state index contributed by atoms with van der Waals surface area (Å²) >= 11 is 0. The maximum Gasteiger partial charge on any atom is 0.122 e. The van der Waals surface area contributed by atoms with Crippen LogP contribution in [0.1, 0.15) is 18.2 Å². The highest BCUT2D eigenvalue weighted by molar-refractivity contribution is 5.33. The number of aryl methyl sites for hydroxylation is 1. The van der Waals surface area contributed by atoms with E-state index in [9.17, 15) is 0 Å². The molecule has 1 heterocycles. The van der Waals surface area contributed by atoms with Crippen molar-refractivity contribution in [1.29, 1.82) is 0 Å². The van der Waals surface area contributed by atoms with Gasteiger partial charge in [0.2, 0.25) is 0 Å². The van der Waals surface area contributed by atoms with E-state index in [-0.39, 0.29) is 0 Å². The molecule has 0 bridgehead atoms. The molecule has 0 radical (unpaired) electrons. The van der Waals surface area contributed by atoms with Crippen molar-refractivity contribution in [1.82, 2.24) is 20.3 Å². The summed E-state index contributed by atoms with van der Waals surface area (Å²) in [6.45, 7) is 4.07. The highest BCUT2D eigenvalue weighted by Gasteiger charge is 2.14. The van der Waals surface area contributed by atoms with Crippen molar-refractivity contribution in [2.75, 3.05) is 20.2 Å². The van der Waals surface area contributed by atoms with Gasteiger partial charge in [0.1, 0.15) is 5.75 Å². The molecule has 0 aliphatic heterocycles. The molecule has 0 saturated carbocycles. The Bertz CT molecular complexity index is 553. The van der Waals surface area contributed by atoms with Gasteiger partial charge in [0.15, 0.2) is 0 Å². The molecule has 5 nitrogen and oxygen atoms in total. The van der Waals surface area contributed by atoms with E-state index in [1.165, 1.54) is 5.56 Å². The van der Waals surface area contributed by atoms with Gasteiger partial charge in [-0.2, -0.15) is 0 Å². The Morgan fingerprint density at radius 3 is 2.76 bits per heavy atom. The lowest BCUT2D eigenvalue weighted by molar-refractivity contribution is 0.400. The fourth-order valence-corrected chi connectivity index (χ4v) is 2.53. The predicted octanol–water partition coefficient (Wildman–Crippen LogP) is 1.83. The highest BCUT2D eigenvalue weighted by atomic mass is 16.5. The number of methoxy groups -OCH3 is 1. The minimum Gasteiger partial charge on any atom is -0.496 e. The molecule has 1 atom stereocenters. The first-order valence-corrected chi connectivity index (χ1v) is 7.40. The second kappa shape index (κ2) is 7.78. The maximum atomic E-state index is 5.45. The molecular weight excluding hydrogens is 264 g/mol. The molecule has 5 heteroatoms. The average Bonchev–Trinajstić information content (AvgIpc) is 2.90. The Balaban J connectivity index is 2.08. The largest absolute Gasteiger partial charge is 0.496 e. The molecule has 1 N–H and O–H groups in total. The van der Waals surface area contributed by atoms with E-state index in [2.05, 4.69) is 34.7 Å². The first-order valence-electron chi connectivity index (χ1n) is 7.40. The molecule has 114 valence electrons. The van der Waals surface area contributed by atoms with Crippen molar-refractivity contribution < 1.29 is 4.74 Å². The minimum atomic E-state index is 0.470. The van der Waals surface area contributed by atoms with Crippen LogP contribution in [-0.4, -0.2) is 35.2 Å². The molecule has 0 spiro atoms. The number of hydrogen-bond acceptors (Lipinski definition) is 4. The molecule has 1 unspecified atom stereocenters. The van der Waals surface area contributed by atoms with Crippen LogP contribution in [0.2, 0.25) is 0 Å². The van der Waals surface area contributed by atoms with Gasteiger partial charge in [-0.25, -0.2) is 0 Å². The van der Waals surface area contributed by atoms with Crippen molar-refractivity contribution >= 4 is 0 Å². The lowest BCUT2D eigenvalue weighted by Crippen LogP contribution is -2.26. The molecule has 0 saturated heterocycles. The first kappa shape index (κ1) is 15.5. The quantitative estimate of drug-likeness (QED) is 0.805. The summed E-state index contributed by atoms with van der Waals surface area (Å²) in [5.41, 5.74) is 2.28. The van der Waals surface area contributed by atoms with E-state index in [0.717, 1.165) is 37.4 Å². The van der Waals surface area contributed by atoms with Crippen LogP contribution in [0.4, 0.5) is 0 Å². The number of para-hydroxylation sites is 1. The maximum absolute atomic E-state index is 5.45. The van der Waals surface area contributed by atoms with Crippen LogP contribution >= 0.6 is 0 Å². The smallest absolute Gasteiger partial charge is 0.122 e. The van der Waals surface area contributed by atoms with Crippen LogP contribution in [0.3, 0.4) is 0 Å². The van der Waals surface area contributed by atoms with Gasteiger partial charge in [0.25, 0.3) is 0 Å². The number of nitrogens with one attached hydrogen (secondary N) is 1. The molecule has 0 aliphatic carbocycles. The lowest BCUT2D eigenvalue weighted by atomic mass is 9.94. The van der Waals surface area contributed by atoms with Crippen molar-refractivity contribution in [2.24, 2.45) is 13.0 Å². The number of ether oxygens (including phenoxy) is 1. The summed E-state index contributed by atoms with van der Waals surface area (Å²) in [6.07, 6.45) is 3.87. The third kappa shape index (κ3) is 4.56. The molecule has 2 rings (SSSR count). The first-order chi connectivity index (χ1) is 10.2. The summed E-state index contributed by atoms with van der Waals surface area (Å²) in [5.74, 6) is 1.43. The Hall–Kier alpha value is -1.88. The fourth-order valence-electron chi connectivity index (χ4n) is 2.53. The van der Waals surface area contributed by atoms with E-state index >= 15 is 0 Å². The van der Waals surface area contributed by atoms with Gasteiger partial charge in [-0.05, 0) is 43.5 Å². The fraction of sp³-hybridized carbons (Fsp3) is 0.500. The molecule has 2 aromatic rings. The van der Waals surface area contributed by atoms with Crippen molar-refractivity contribution in [3.05, 3.63) is 41.7 Å². The average molecular weight is 288 g/mol. The van der Waals surface area contributed by atoms with Gasteiger partial charge in [-0.3, -0.25) is 4.68 Å². The molecule has 1 aromatic heterocycles. The summed E-state index contributed by atoms with van der Waals surface area (Å²) < 4.78 is 7.21. The van der Waals surface area contributed by atoms with Gasteiger partial charge in [-0.1, -0.05) is 30.3 Å². The number of benzene rings is 1. The Morgan fingerprint density at radius 2 is 2.10 bits per heavy atom. The molecule has 0 fully saturated rings. The zero-order valence-corrected chi connectivity index (χ0v) is 13.0.